The lowest BCUT2D eigenvalue weighted by atomic mass is 10.0. The second-order valence-electron chi connectivity index (χ2n) is 5.88. The van der Waals surface area contributed by atoms with Crippen LogP contribution in [0.15, 0.2) is 53.1 Å². The molecule has 5 heteroatoms. The molecule has 1 aliphatic rings. The molecule has 1 aromatic carbocycles. The fourth-order valence-electron chi connectivity index (χ4n) is 2.81. The van der Waals surface area contributed by atoms with Crippen molar-refractivity contribution in [2.45, 2.75) is 38.3 Å². The van der Waals surface area contributed by atoms with Crippen molar-refractivity contribution in [3.63, 3.8) is 0 Å². The van der Waals surface area contributed by atoms with Crippen LogP contribution in [0.1, 0.15) is 35.9 Å². The molecule has 1 atom stereocenters. The Morgan fingerprint density at radius 2 is 1.96 bits per heavy atom. The maximum absolute atomic E-state index is 12.9. The molecule has 2 aromatic rings. The monoisotopic (exact) mass is 327 g/mol. The van der Waals surface area contributed by atoms with Crippen LogP contribution in [-0.4, -0.2) is 35.5 Å². The minimum atomic E-state index is -0.641. The lowest BCUT2D eigenvalue weighted by Crippen LogP contribution is -2.48. The Morgan fingerprint density at radius 3 is 2.54 bits per heavy atom. The van der Waals surface area contributed by atoms with Crippen LogP contribution in [0.4, 0.5) is 0 Å². The van der Waals surface area contributed by atoms with Crippen LogP contribution in [0, 0.1) is 0 Å². The van der Waals surface area contributed by atoms with Crippen LogP contribution in [0.5, 0.6) is 0 Å². The van der Waals surface area contributed by atoms with Gasteiger partial charge in [-0.05, 0) is 37.5 Å². The Labute approximate surface area is 141 Å². The predicted octanol–water partition coefficient (Wildman–Crippen LogP) is 3.06. The summed E-state index contributed by atoms with van der Waals surface area (Å²) in [6.07, 6.45) is 3.70. The standard InChI is InChI=1S/C19H21NO4/c1-2-23-19(22)16(13-14-7-4-3-5-8-14)20(15-10-11-15)18(21)17-9-6-12-24-17/h3-9,12,15-16H,2,10-11,13H2,1H3/t16-/m0/s1. The molecule has 0 bridgehead atoms. The molecular weight excluding hydrogens is 306 g/mol. The van der Waals surface area contributed by atoms with Gasteiger partial charge in [0.1, 0.15) is 6.04 Å². The Hall–Kier alpha value is -2.56. The topological polar surface area (TPSA) is 59.8 Å². The first-order valence-corrected chi connectivity index (χ1v) is 8.27. The van der Waals surface area contributed by atoms with Crippen molar-refractivity contribution in [3.05, 3.63) is 60.1 Å². The van der Waals surface area contributed by atoms with Gasteiger partial charge in [0, 0.05) is 12.5 Å². The highest BCUT2D eigenvalue weighted by atomic mass is 16.5. The highest BCUT2D eigenvalue weighted by molar-refractivity contribution is 5.95. The largest absolute Gasteiger partial charge is 0.464 e. The molecule has 0 aliphatic heterocycles. The van der Waals surface area contributed by atoms with Crippen molar-refractivity contribution in [2.75, 3.05) is 6.61 Å². The smallest absolute Gasteiger partial charge is 0.329 e. The molecule has 1 heterocycles. The van der Waals surface area contributed by atoms with Crippen LogP contribution in [0.3, 0.4) is 0 Å². The van der Waals surface area contributed by atoms with Crippen LogP contribution < -0.4 is 0 Å². The number of carbonyl (C=O) groups excluding carboxylic acids is 2. The molecule has 126 valence electrons. The number of hydrogen-bond acceptors (Lipinski definition) is 4. The molecule has 1 fully saturated rings. The van der Waals surface area contributed by atoms with E-state index in [-0.39, 0.29) is 30.3 Å². The summed E-state index contributed by atoms with van der Waals surface area (Å²) in [5, 5.41) is 0. The van der Waals surface area contributed by atoms with Gasteiger partial charge in [0.05, 0.1) is 12.9 Å². The van der Waals surface area contributed by atoms with Crippen molar-refractivity contribution in [1.29, 1.82) is 0 Å². The van der Waals surface area contributed by atoms with Crippen molar-refractivity contribution in [1.82, 2.24) is 4.90 Å². The summed E-state index contributed by atoms with van der Waals surface area (Å²) in [4.78, 5) is 27.0. The molecule has 0 unspecified atom stereocenters. The minimum Gasteiger partial charge on any atom is -0.464 e. The number of benzene rings is 1. The maximum Gasteiger partial charge on any atom is 0.329 e. The first-order chi connectivity index (χ1) is 11.7. The van der Waals surface area contributed by atoms with E-state index in [2.05, 4.69) is 0 Å². The second-order valence-corrected chi connectivity index (χ2v) is 5.88. The third-order valence-electron chi connectivity index (χ3n) is 4.07. The number of furan rings is 1. The van der Waals surface area contributed by atoms with E-state index in [0.29, 0.717) is 6.42 Å². The number of amides is 1. The highest BCUT2D eigenvalue weighted by Crippen LogP contribution is 2.31. The van der Waals surface area contributed by atoms with Crippen LogP contribution in [0.25, 0.3) is 0 Å². The van der Waals surface area contributed by atoms with Crippen molar-refractivity contribution in [3.8, 4) is 0 Å². The second kappa shape index (κ2) is 7.34. The molecule has 1 saturated carbocycles. The Bertz CT molecular complexity index is 677. The van der Waals surface area contributed by atoms with Gasteiger partial charge in [-0.2, -0.15) is 0 Å². The minimum absolute atomic E-state index is 0.0701. The number of hydrogen-bond donors (Lipinski definition) is 0. The molecule has 5 nitrogen and oxygen atoms in total. The number of esters is 1. The molecule has 0 radical (unpaired) electrons. The fourth-order valence-corrected chi connectivity index (χ4v) is 2.81. The van der Waals surface area contributed by atoms with E-state index in [4.69, 9.17) is 9.15 Å². The van der Waals surface area contributed by atoms with Crippen LogP contribution in [0.2, 0.25) is 0 Å². The Balaban J connectivity index is 1.88. The Morgan fingerprint density at radius 1 is 1.21 bits per heavy atom. The summed E-state index contributed by atoms with van der Waals surface area (Å²) in [5.74, 6) is -0.367. The SMILES string of the molecule is CCOC(=O)[C@H](Cc1ccccc1)N(C(=O)c1ccco1)C1CC1. The summed E-state index contributed by atoms with van der Waals surface area (Å²) in [6.45, 7) is 2.06. The molecule has 1 amide bonds. The summed E-state index contributed by atoms with van der Waals surface area (Å²) in [5.41, 5.74) is 0.994. The van der Waals surface area contributed by atoms with Gasteiger partial charge in [-0.1, -0.05) is 30.3 Å². The van der Waals surface area contributed by atoms with E-state index in [1.54, 1.807) is 24.0 Å². The van der Waals surface area contributed by atoms with Gasteiger partial charge in [-0.25, -0.2) is 4.79 Å². The lowest BCUT2D eigenvalue weighted by molar-refractivity contribution is -0.148. The molecule has 1 aromatic heterocycles. The highest BCUT2D eigenvalue weighted by Gasteiger charge is 2.42. The van der Waals surface area contributed by atoms with E-state index in [1.807, 2.05) is 30.3 Å². The van der Waals surface area contributed by atoms with Gasteiger partial charge in [-0.3, -0.25) is 4.79 Å². The fraction of sp³-hybridized carbons (Fsp3) is 0.368. The average molecular weight is 327 g/mol. The van der Waals surface area contributed by atoms with E-state index in [9.17, 15) is 9.59 Å². The molecule has 0 spiro atoms. The van der Waals surface area contributed by atoms with Gasteiger partial charge in [0.25, 0.3) is 5.91 Å². The van der Waals surface area contributed by atoms with Crippen molar-refractivity contribution < 1.29 is 18.7 Å². The van der Waals surface area contributed by atoms with Crippen LogP contribution >= 0.6 is 0 Å². The zero-order chi connectivity index (χ0) is 16.9. The maximum atomic E-state index is 12.9. The zero-order valence-corrected chi connectivity index (χ0v) is 13.7. The zero-order valence-electron chi connectivity index (χ0n) is 13.7. The Kier molecular flexibility index (Phi) is 4.99. The lowest BCUT2D eigenvalue weighted by Gasteiger charge is -2.29. The third kappa shape index (κ3) is 3.67. The first-order valence-electron chi connectivity index (χ1n) is 8.27. The predicted molar refractivity (Wildman–Crippen MR) is 88.5 cm³/mol. The number of rotatable bonds is 7. The van der Waals surface area contributed by atoms with Gasteiger partial charge < -0.3 is 14.1 Å². The number of nitrogens with zero attached hydrogens (tertiary/aromatic N) is 1. The molecule has 3 rings (SSSR count). The van der Waals surface area contributed by atoms with E-state index in [1.165, 1.54) is 6.26 Å². The van der Waals surface area contributed by atoms with Gasteiger partial charge in [0.15, 0.2) is 5.76 Å². The van der Waals surface area contributed by atoms with Gasteiger partial charge in [-0.15, -0.1) is 0 Å². The first kappa shape index (κ1) is 16.3. The normalized spacial score (nSPS) is 14.9. The average Bonchev–Trinajstić information content (AvgIpc) is 3.27. The van der Waals surface area contributed by atoms with Crippen LogP contribution in [-0.2, 0) is 16.0 Å². The van der Waals surface area contributed by atoms with Gasteiger partial charge in [0.2, 0.25) is 0 Å². The quantitative estimate of drug-likeness (QED) is 0.733. The molecule has 0 N–H and O–H groups in total. The summed E-state index contributed by atoms with van der Waals surface area (Å²) in [6, 6.07) is 12.4. The van der Waals surface area contributed by atoms with E-state index < -0.39 is 6.04 Å². The summed E-state index contributed by atoms with van der Waals surface area (Å²) in [7, 11) is 0. The third-order valence-corrected chi connectivity index (χ3v) is 4.07. The molecular formula is C19H21NO4. The molecule has 24 heavy (non-hydrogen) atoms. The molecule has 0 saturated heterocycles. The number of carbonyl (C=O) groups is 2. The van der Waals surface area contributed by atoms with Crippen molar-refractivity contribution >= 4 is 11.9 Å². The van der Waals surface area contributed by atoms with E-state index in [0.717, 1.165) is 18.4 Å². The number of ether oxygens (including phenoxy) is 1. The van der Waals surface area contributed by atoms with Crippen molar-refractivity contribution in [2.24, 2.45) is 0 Å². The van der Waals surface area contributed by atoms with E-state index >= 15 is 0 Å². The summed E-state index contributed by atoms with van der Waals surface area (Å²) >= 11 is 0. The molecule has 1 aliphatic carbocycles. The summed E-state index contributed by atoms with van der Waals surface area (Å²) < 4.78 is 10.5. The van der Waals surface area contributed by atoms with Gasteiger partial charge >= 0.3 is 5.97 Å².